The fourth-order valence-corrected chi connectivity index (χ4v) is 5.96. The third-order valence-electron chi connectivity index (χ3n) is 7.32. The number of benzene rings is 2. The summed E-state index contributed by atoms with van der Waals surface area (Å²) in [4.78, 5) is 65.1. The van der Waals surface area contributed by atoms with E-state index in [1.165, 1.54) is 31.2 Å². The van der Waals surface area contributed by atoms with Crippen molar-refractivity contribution in [1.82, 2.24) is 0 Å². The van der Waals surface area contributed by atoms with Crippen LogP contribution in [-0.2, 0) is 29.5 Å². The van der Waals surface area contributed by atoms with Crippen LogP contribution >= 0.6 is 11.6 Å². The van der Waals surface area contributed by atoms with Crippen LogP contribution in [0.2, 0.25) is 5.02 Å². The Kier molecular flexibility index (Phi) is 5.60. The fourth-order valence-electron chi connectivity index (χ4n) is 5.81. The van der Waals surface area contributed by atoms with Crippen LogP contribution in [-0.4, -0.2) is 35.6 Å². The van der Waals surface area contributed by atoms with Crippen molar-refractivity contribution in [2.75, 3.05) is 10.2 Å². The maximum atomic E-state index is 13.9. The Morgan fingerprint density at radius 3 is 2.47 bits per heavy atom. The van der Waals surface area contributed by atoms with Crippen LogP contribution < -0.4 is 26.0 Å². The summed E-state index contributed by atoms with van der Waals surface area (Å²) in [5.74, 6) is -4.00. The number of esters is 1. The second-order valence-electron chi connectivity index (χ2n) is 9.36. The second-order valence-corrected chi connectivity index (χ2v) is 9.76. The van der Waals surface area contributed by atoms with E-state index in [2.05, 4.69) is 5.32 Å². The Hall–Kier alpha value is -3.76. The lowest BCUT2D eigenvalue weighted by molar-refractivity contribution is -0.733. The Bertz CT molecular complexity index is 1340. The Morgan fingerprint density at radius 2 is 1.83 bits per heavy atom. The molecule has 2 fully saturated rings. The van der Waals surface area contributed by atoms with E-state index in [0.717, 1.165) is 4.90 Å². The first kappa shape index (κ1) is 24.0. The Morgan fingerprint density at radius 1 is 1.14 bits per heavy atom. The van der Waals surface area contributed by atoms with E-state index in [0.29, 0.717) is 27.5 Å². The van der Waals surface area contributed by atoms with Crippen molar-refractivity contribution in [1.29, 1.82) is 0 Å². The minimum absolute atomic E-state index is 0.00708. The molecule has 2 saturated heterocycles. The molecule has 3 aliphatic rings. The molecule has 0 bridgehead atoms. The first-order chi connectivity index (χ1) is 17.1. The number of carbonyl (C=O) groups is 5. The molecular weight excluding hydrogens is 488 g/mol. The third kappa shape index (κ3) is 3.40. The molecule has 0 unspecified atom stereocenters. The number of ether oxygens (including phenoxy) is 1. The molecule has 4 atom stereocenters. The zero-order chi connectivity index (χ0) is 25.9. The highest BCUT2D eigenvalue weighted by Gasteiger charge is 2.74. The number of rotatable bonds is 5. The number of amides is 4. The summed E-state index contributed by atoms with van der Waals surface area (Å²) < 4.78 is 5.04. The Labute approximate surface area is 211 Å². The van der Waals surface area contributed by atoms with Crippen molar-refractivity contribution < 1.29 is 34.0 Å². The second kappa shape index (κ2) is 8.42. The molecule has 186 valence electrons. The largest absolute Gasteiger partial charge is 0.427 e. The number of nitrogens with zero attached hydrogens (tertiary/aromatic N) is 1. The van der Waals surface area contributed by atoms with Gasteiger partial charge in [0.25, 0.3) is 5.91 Å². The van der Waals surface area contributed by atoms with E-state index < -0.39 is 53.0 Å². The van der Waals surface area contributed by atoms with Gasteiger partial charge in [-0.15, -0.1) is 0 Å². The van der Waals surface area contributed by atoms with Gasteiger partial charge < -0.3 is 21.1 Å². The van der Waals surface area contributed by atoms with E-state index in [1.807, 2.05) is 0 Å². The molecule has 0 saturated carbocycles. The average molecular weight is 512 g/mol. The fraction of sp³-hybridized carbons (Fsp3) is 0.320. The van der Waals surface area contributed by atoms with E-state index >= 15 is 0 Å². The molecule has 4 amide bonds. The van der Waals surface area contributed by atoms with Crippen molar-refractivity contribution in [3.05, 3.63) is 52.5 Å². The molecular formula is C25H24ClN4O6+. The topological polar surface area (TPSA) is 152 Å². The van der Waals surface area contributed by atoms with Crippen molar-refractivity contribution in [3.63, 3.8) is 0 Å². The number of hydrogen-bond acceptors (Lipinski definition) is 6. The highest BCUT2D eigenvalue weighted by Crippen LogP contribution is 2.51. The van der Waals surface area contributed by atoms with Gasteiger partial charge in [0.2, 0.25) is 23.3 Å². The molecule has 2 aromatic carbocycles. The summed E-state index contributed by atoms with van der Waals surface area (Å²) in [6.45, 7) is 3.04. The lowest BCUT2D eigenvalue weighted by Gasteiger charge is -2.26. The first-order valence-corrected chi connectivity index (χ1v) is 11.9. The number of hydrogen-bond donors (Lipinski definition) is 3. The van der Waals surface area contributed by atoms with Crippen LogP contribution in [0.25, 0.3) is 0 Å². The molecule has 2 aromatic rings. The number of primary amides is 1. The van der Waals surface area contributed by atoms with Crippen LogP contribution in [0.3, 0.4) is 0 Å². The number of nitrogens with two attached hydrogens (primary N) is 2. The molecule has 36 heavy (non-hydrogen) atoms. The number of quaternary nitrogens is 1. The van der Waals surface area contributed by atoms with Gasteiger partial charge in [0.15, 0.2) is 0 Å². The molecule has 5 N–H and O–H groups in total. The Balaban J connectivity index is 1.60. The molecule has 3 heterocycles. The summed E-state index contributed by atoms with van der Waals surface area (Å²) in [5, 5.41) is 5.09. The van der Waals surface area contributed by atoms with Gasteiger partial charge in [-0.1, -0.05) is 11.6 Å². The average Bonchev–Trinajstić information content (AvgIpc) is 3.40. The molecule has 10 nitrogen and oxygen atoms in total. The van der Waals surface area contributed by atoms with E-state index in [-0.39, 0.29) is 18.6 Å². The summed E-state index contributed by atoms with van der Waals surface area (Å²) in [6, 6.07) is 8.84. The molecule has 3 aliphatic heterocycles. The molecule has 5 rings (SSSR count). The summed E-state index contributed by atoms with van der Waals surface area (Å²) in [6.07, 6.45) is 0.235. The van der Waals surface area contributed by atoms with Gasteiger partial charge in [0, 0.05) is 30.4 Å². The monoisotopic (exact) mass is 511 g/mol. The number of halogens is 1. The number of anilines is 2. The smallest absolute Gasteiger partial charge is 0.308 e. The summed E-state index contributed by atoms with van der Waals surface area (Å²) >= 11 is 6.29. The highest BCUT2D eigenvalue weighted by atomic mass is 35.5. The van der Waals surface area contributed by atoms with Crippen LogP contribution in [0.15, 0.2) is 36.4 Å². The van der Waals surface area contributed by atoms with Crippen LogP contribution in [0.1, 0.15) is 30.9 Å². The van der Waals surface area contributed by atoms with Gasteiger partial charge >= 0.3 is 5.97 Å². The number of fused-ring (bicyclic) bond motifs is 4. The van der Waals surface area contributed by atoms with E-state index in [9.17, 15) is 24.0 Å². The van der Waals surface area contributed by atoms with Crippen molar-refractivity contribution in [2.45, 2.75) is 38.3 Å². The van der Waals surface area contributed by atoms with Crippen molar-refractivity contribution in [2.24, 2.45) is 17.6 Å². The van der Waals surface area contributed by atoms with Crippen molar-refractivity contribution >= 4 is 52.6 Å². The maximum Gasteiger partial charge on any atom is 0.308 e. The number of imide groups is 1. The predicted octanol–water partition coefficient (Wildman–Crippen LogP) is 0.738. The van der Waals surface area contributed by atoms with Crippen LogP contribution in [0.4, 0.5) is 11.4 Å². The SMILES string of the molecule is CC(=O)Oc1ccc(N2C(=O)[C@@H]3[C@H](CCC(N)=O)[NH2+][C@]4(C(=O)Nc5c4ccc(Cl)c5C)[C@@H]3C2=O)cc1. The maximum absolute atomic E-state index is 13.9. The lowest BCUT2D eigenvalue weighted by atomic mass is 9.76. The molecule has 11 heteroatoms. The first-order valence-electron chi connectivity index (χ1n) is 11.5. The summed E-state index contributed by atoms with van der Waals surface area (Å²) in [5.41, 5.74) is 6.06. The highest BCUT2D eigenvalue weighted by molar-refractivity contribution is 6.32. The van der Waals surface area contributed by atoms with Crippen molar-refractivity contribution in [3.8, 4) is 5.75 Å². The zero-order valence-corrected chi connectivity index (χ0v) is 20.3. The van der Waals surface area contributed by atoms with Gasteiger partial charge in [0.05, 0.1) is 11.4 Å². The molecule has 0 aromatic heterocycles. The quantitative estimate of drug-likeness (QED) is 0.306. The van der Waals surface area contributed by atoms with Gasteiger partial charge in [-0.25, -0.2) is 4.90 Å². The summed E-state index contributed by atoms with van der Waals surface area (Å²) in [7, 11) is 0. The molecule has 0 radical (unpaired) electrons. The lowest BCUT2D eigenvalue weighted by Crippen LogP contribution is -2.99. The van der Waals surface area contributed by atoms with Crippen LogP contribution in [0.5, 0.6) is 5.75 Å². The molecule has 0 aliphatic carbocycles. The normalized spacial score (nSPS) is 26.2. The standard InChI is InChI=1S/C25H23ClN4O6/c1-11-16(26)8-7-15-21(11)28-24(35)25(15)20-19(17(29-25)9-10-18(27)32)22(33)30(23(20)34)13-3-5-14(6-4-13)36-12(2)31/h3-8,17,19-20,29H,9-10H2,1-2H3,(H2,27,32)(H,28,35)/p+1/t17-,19+,20-,25-/m0/s1. The van der Waals surface area contributed by atoms with E-state index in [1.54, 1.807) is 24.4 Å². The van der Waals surface area contributed by atoms with Gasteiger partial charge in [-0.2, -0.15) is 0 Å². The van der Waals surface area contributed by atoms with Gasteiger partial charge in [-0.3, -0.25) is 24.0 Å². The van der Waals surface area contributed by atoms with Gasteiger partial charge in [0.1, 0.15) is 23.6 Å². The minimum atomic E-state index is -1.39. The number of nitrogens with one attached hydrogen (secondary N) is 1. The zero-order valence-electron chi connectivity index (χ0n) is 19.5. The predicted molar refractivity (Wildman–Crippen MR) is 128 cm³/mol. The minimum Gasteiger partial charge on any atom is -0.427 e. The third-order valence-corrected chi connectivity index (χ3v) is 7.73. The van der Waals surface area contributed by atoms with Crippen LogP contribution in [0, 0.1) is 18.8 Å². The van der Waals surface area contributed by atoms with E-state index in [4.69, 9.17) is 22.1 Å². The number of carbonyl (C=O) groups excluding carboxylic acids is 5. The van der Waals surface area contributed by atoms with Gasteiger partial charge in [-0.05, 0) is 48.9 Å². The molecule has 1 spiro atoms.